The van der Waals surface area contributed by atoms with Gasteiger partial charge in [-0.3, -0.25) is 28.8 Å². The highest BCUT2D eigenvalue weighted by Gasteiger charge is 2.52. The largest absolute Gasteiger partial charge is 1.20 e. The Balaban J connectivity index is 6.18. The molecule has 0 aromatic rings. The summed E-state index contributed by atoms with van der Waals surface area (Å²) in [6.07, 6.45) is 34.1. The molecule has 0 heterocycles. The number of hydrogen-bond acceptors (Lipinski definition) is 12. The molecule has 0 saturated heterocycles. The van der Waals surface area contributed by atoms with Crippen molar-refractivity contribution in [2.45, 2.75) is 289 Å². The Morgan fingerprint density at radius 1 is 0.329 bits per heavy atom. The zero-order chi connectivity index (χ0) is 51.7. The number of unbranched alkanes of at least 4 members (excludes halogenated alkanes) is 27. The highest BCUT2D eigenvalue weighted by Crippen LogP contribution is 2.16. The van der Waals surface area contributed by atoms with Crippen LogP contribution in [0.5, 0.6) is 0 Å². The molecule has 0 aliphatic carbocycles. The lowest BCUT2D eigenvalue weighted by Crippen LogP contribution is -2.50. The smallest absolute Gasteiger partial charge is 0.549 e. The molecule has 0 aliphatic heterocycles. The van der Waals surface area contributed by atoms with Crippen molar-refractivity contribution >= 4 is 50.8 Å². The second-order valence-corrected chi connectivity index (χ2v) is 20.8. The van der Waals surface area contributed by atoms with Crippen LogP contribution in [0.15, 0.2) is 0 Å². The molecule has 70 heavy (non-hydrogen) atoms. The van der Waals surface area contributed by atoms with Gasteiger partial charge in [0, 0.05) is 19.3 Å². The van der Waals surface area contributed by atoms with Crippen LogP contribution in [-0.4, -0.2) is 88.5 Å². The average molecular weight is 1010 g/mol. The molecule has 0 radical (unpaired) electrons. The summed E-state index contributed by atoms with van der Waals surface area (Å²) in [6, 6.07) is -3.34. The SMILES string of the molecule is CCCCCCCCCCCC(=O)N[C@@H](CCCCN)C(=O)[O][Al]([O]C(=O)[C@H](CCCCN)NC(=O)CCCCCCCCCCC)[O]C(=O)[C@H](CCCCN)NC(=O)CCCCCCCCCCC. The maximum atomic E-state index is 14.0. The Kier molecular flexibility index (Phi) is 47.8. The van der Waals surface area contributed by atoms with Crippen molar-refractivity contribution in [1.82, 2.24) is 16.0 Å². The third-order valence-electron chi connectivity index (χ3n) is 12.9. The lowest BCUT2D eigenvalue weighted by atomic mass is 10.1. The van der Waals surface area contributed by atoms with Gasteiger partial charge >= 0.3 is 15.1 Å². The third kappa shape index (κ3) is 40.8. The third-order valence-corrected chi connectivity index (χ3v) is 14.1. The van der Waals surface area contributed by atoms with Gasteiger partial charge in [-0.2, -0.15) is 0 Å². The van der Waals surface area contributed by atoms with Gasteiger partial charge in [0.1, 0.15) is 18.1 Å². The Bertz CT molecular complexity index is 1160. The van der Waals surface area contributed by atoms with E-state index in [0.29, 0.717) is 77.4 Å². The highest BCUT2D eigenvalue weighted by atomic mass is 27.3. The van der Waals surface area contributed by atoms with E-state index in [1.165, 1.54) is 96.3 Å². The lowest BCUT2D eigenvalue weighted by Gasteiger charge is -2.24. The minimum Gasteiger partial charge on any atom is -0.549 e. The first-order valence-corrected chi connectivity index (χ1v) is 30.1. The number of nitrogens with two attached hydrogens (primary N) is 3. The van der Waals surface area contributed by atoms with Crippen LogP contribution in [0.25, 0.3) is 0 Å². The molecule has 0 unspecified atom stereocenters. The first-order valence-electron chi connectivity index (χ1n) is 28.7. The van der Waals surface area contributed by atoms with E-state index in [0.717, 1.165) is 57.8 Å². The first kappa shape index (κ1) is 67.2. The van der Waals surface area contributed by atoms with Crippen LogP contribution in [-0.2, 0) is 40.1 Å². The minimum absolute atomic E-state index is 0.204. The molecular formula is C54H105AlN6O9. The van der Waals surface area contributed by atoms with E-state index in [4.69, 9.17) is 28.6 Å². The van der Waals surface area contributed by atoms with Gasteiger partial charge in [0.15, 0.2) is 0 Å². The van der Waals surface area contributed by atoms with E-state index in [9.17, 15) is 28.8 Å². The summed E-state index contributed by atoms with van der Waals surface area (Å²) in [5, 5.41) is 8.45. The molecule has 408 valence electrons. The number of carbonyl (C=O) groups excluding carboxylic acids is 6. The topological polar surface area (TPSA) is 244 Å². The highest BCUT2D eigenvalue weighted by molar-refractivity contribution is 6.44. The van der Waals surface area contributed by atoms with Gasteiger partial charge in [-0.1, -0.05) is 175 Å². The van der Waals surface area contributed by atoms with E-state index in [-0.39, 0.29) is 56.2 Å². The molecule has 0 fully saturated rings. The van der Waals surface area contributed by atoms with Crippen LogP contribution >= 0.6 is 0 Å². The van der Waals surface area contributed by atoms with Gasteiger partial charge in [-0.05, 0) is 96.7 Å². The van der Waals surface area contributed by atoms with Gasteiger partial charge in [0.2, 0.25) is 17.7 Å². The molecule has 0 bridgehead atoms. The van der Waals surface area contributed by atoms with Crippen molar-refractivity contribution in [3.8, 4) is 0 Å². The monoisotopic (exact) mass is 1010 g/mol. The van der Waals surface area contributed by atoms with E-state index >= 15 is 0 Å². The number of rotatable bonds is 51. The summed E-state index contributed by atoms with van der Waals surface area (Å²) >= 11 is -4.05. The van der Waals surface area contributed by atoms with Crippen molar-refractivity contribution in [2.24, 2.45) is 17.2 Å². The molecular weight excluding hydrogens is 904 g/mol. The van der Waals surface area contributed by atoms with E-state index in [2.05, 4.69) is 36.7 Å². The summed E-state index contributed by atoms with van der Waals surface area (Å²) in [6.45, 7) is 7.75. The zero-order valence-electron chi connectivity index (χ0n) is 44.9. The second kappa shape index (κ2) is 49.8. The molecule has 0 aliphatic rings. The van der Waals surface area contributed by atoms with Gasteiger partial charge in [-0.25, -0.2) is 0 Å². The van der Waals surface area contributed by atoms with E-state index in [1.54, 1.807) is 0 Å². The Labute approximate surface area is 431 Å². The zero-order valence-corrected chi connectivity index (χ0v) is 46.1. The van der Waals surface area contributed by atoms with Gasteiger partial charge in [-0.15, -0.1) is 0 Å². The second-order valence-electron chi connectivity index (χ2n) is 19.5. The summed E-state index contributed by atoms with van der Waals surface area (Å²) in [5.41, 5.74) is 17.3. The fraction of sp³-hybridized carbons (Fsp3) is 0.889. The molecule has 0 saturated carbocycles. The summed E-state index contributed by atoms with van der Waals surface area (Å²) in [4.78, 5) is 81.7. The summed E-state index contributed by atoms with van der Waals surface area (Å²) < 4.78 is 17.4. The van der Waals surface area contributed by atoms with Crippen molar-refractivity contribution < 1.29 is 40.1 Å². The molecule has 15 nitrogen and oxygen atoms in total. The molecule has 3 atom stereocenters. The molecule has 0 aromatic carbocycles. The standard InChI is InChI=1S/3C18H36N2O3.Al/c3*1-2-3-4-5-6-7-8-9-10-14-17(21)20-16(18(22)23)13-11-12-15-19;/h3*16H,2-15,19H2,1H3,(H,20,21)(H,22,23);/q;;;+3/p-3/t3*16-;/m000./s1. The van der Waals surface area contributed by atoms with Crippen molar-refractivity contribution in [1.29, 1.82) is 0 Å². The molecule has 0 spiro atoms. The van der Waals surface area contributed by atoms with Crippen LogP contribution in [0.3, 0.4) is 0 Å². The van der Waals surface area contributed by atoms with Crippen LogP contribution < -0.4 is 33.2 Å². The fourth-order valence-corrected chi connectivity index (χ4v) is 9.62. The summed E-state index contributed by atoms with van der Waals surface area (Å²) in [5.74, 6) is -3.65. The Morgan fingerprint density at radius 3 is 0.757 bits per heavy atom. The predicted molar refractivity (Wildman–Crippen MR) is 284 cm³/mol. The molecule has 9 N–H and O–H groups in total. The maximum absolute atomic E-state index is 14.0. The Hall–Kier alpha value is -2.77. The van der Waals surface area contributed by atoms with Gasteiger partial charge in [0.05, 0.1) is 0 Å². The molecule has 0 rings (SSSR count). The van der Waals surface area contributed by atoms with Crippen LogP contribution in [0, 0.1) is 0 Å². The maximum Gasteiger partial charge on any atom is 1.20 e. The van der Waals surface area contributed by atoms with E-state index < -0.39 is 51.2 Å². The molecule has 16 heteroatoms. The molecule has 0 aromatic heterocycles. The number of hydrogen-bond donors (Lipinski definition) is 6. The lowest BCUT2D eigenvalue weighted by molar-refractivity contribution is -0.153. The minimum atomic E-state index is -4.05. The van der Waals surface area contributed by atoms with Crippen LogP contribution in [0.2, 0.25) is 0 Å². The van der Waals surface area contributed by atoms with Crippen molar-refractivity contribution in [3.63, 3.8) is 0 Å². The Morgan fingerprint density at radius 2 is 0.543 bits per heavy atom. The average Bonchev–Trinajstić information content (AvgIpc) is 3.33. The molecule has 3 amide bonds. The van der Waals surface area contributed by atoms with Crippen LogP contribution in [0.1, 0.15) is 271 Å². The number of nitrogens with one attached hydrogen (secondary N) is 3. The van der Waals surface area contributed by atoms with Crippen LogP contribution in [0.4, 0.5) is 0 Å². The van der Waals surface area contributed by atoms with Gasteiger partial charge in [0.25, 0.3) is 17.9 Å². The fourth-order valence-electron chi connectivity index (χ4n) is 8.42. The summed E-state index contributed by atoms with van der Waals surface area (Å²) in [7, 11) is 0. The number of amides is 3. The van der Waals surface area contributed by atoms with Crippen molar-refractivity contribution in [3.05, 3.63) is 0 Å². The first-order chi connectivity index (χ1) is 34.1. The van der Waals surface area contributed by atoms with E-state index in [1.807, 2.05) is 0 Å². The van der Waals surface area contributed by atoms with Crippen molar-refractivity contribution in [2.75, 3.05) is 19.6 Å². The van der Waals surface area contributed by atoms with Gasteiger partial charge < -0.3 is 44.5 Å². The normalized spacial score (nSPS) is 12.4. The quantitative estimate of drug-likeness (QED) is 0.0246. The predicted octanol–water partition coefficient (Wildman–Crippen LogP) is 10.2. The number of carbonyl (C=O) groups is 6.